The van der Waals surface area contributed by atoms with E-state index in [1.165, 1.54) is 18.2 Å². The van der Waals surface area contributed by atoms with Crippen molar-refractivity contribution in [1.82, 2.24) is 9.71 Å². The summed E-state index contributed by atoms with van der Waals surface area (Å²) in [5.41, 5.74) is 2.71. The maximum Gasteiger partial charge on any atom is 0.215 e. The molecule has 0 aliphatic heterocycles. The van der Waals surface area contributed by atoms with Crippen molar-refractivity contribution in [3.63, 3.8) is 0 Å². The Labute approximate surface area is 117 Å². The van der Waals surface area contributed by atoms with Crippen molar-refractivity contribution in [3.8, 4) is 0 Å². The van der Waals surface area contributed by atoms with Gasteiger partial charge in [-0.3, -0.25) is 0 Å². The third-order valence-corrected chi connectivity index (χ3v) is 4.43. The predicted octanol–water partition coefficient (Wildman–Crippen LogP) is 2.26. The van der Waals surface area contributed by atoms with Gasteiger partial charge in [-0.15, -0.1) is 6.58 Å². The standard InChI is InChI=1S/C14H17FN2O2S/c1-3-8-20(18,19)16-7-6-12-10(2)17-14-5-4-11(15)9-13(12)14/h3-5,9,16-17H,1,6-8H2,2H3. The Hall–Kier alpha value is -1.66. The van der Waals surface area contributed by atoms with Crippen LogP contribution < -0.4 is 4.72 Å². The van der Waals surface area contributed by atoms with Crippen molar-refractivity contribution in [2.75, 3.05) is 12.3 Å². The van der Waals surface area contributed by atoms with Crippen molar-refractivity contribution >= 4 is 20.9 Å². The highest BCUT2D eigenvalue weighted by Gasteiger charge is 2.11. The fourth-order valence-electron chi connectivity index (χ4n) is 2.22. The molecular weight excluding hydrogens is 279 g/mol. The Kier molecular flexibility index (Phi) is 4.25. The van der Waals surface area contributed by atoms with Gasteiger partial charge >= 0.3 is 0 Å². The third-order valence-electron chi connectivity index (χ3n) is 3.12. The highest BCUT2D eigenvalue weighted by molar-refractivity contribution is 7.89. The fraction of sp³-hybridized carbons (Fsp3) is 0.286. The summed E-state index contributed by atoms with van der Waals surface area (Å²) in [6.45, 7) is 5.58. The molecule has 2 rings (SSSR count). The minimum Gasteiger partial charge on any atom is -0.358 e. The maximum absolute atomic E-state index is 13.3. The lowest BCUT2D eigenvalue weighted by Crippen LogP contribution is -2.27. The molecule has 20 heavy (non-hydrogen) atoms. The van der Waals surface area contributed by atoms with Gasteiger partial charge in [-0.2, -0.15) is 0 Å². The predicted molar refractivity (Wildman–Crippen MR) is 78.7 cm³/mol. The summed E-state index contributed by atoms with van der Waals surface area (Å²) < 4.78 is 38.8. The Morgan fingerprint density at radius 3 is 2.90 bits per heavy atom. The smallest absolute Gasteiger partial charge is 0.215 e. The summed E-state index contributed by atoms with van der Waals surface area (Å²) in [5.74, 6) is -0.404. The first-order chi connectivity index (χ1) is 9.43. The number of aromatic nitrogens is 1. The van der Waals surface area contributed by atoms with E-state index in [1.54, 1.807) is 6.07 Å². The Bertz CT molecular complexity index is 735. The van der Waals surface area contributed by atoms with Gasteiger partial charge in [0.1, 0.15) is 5.82 Å². The number of hydrogen-bond acceptors (Lipinski definition) is 2. The maximum atomic E-state index is 13.3. The molecule has 0 spiro atoms. The van der Waals surface area contributed by atoms with Crippen molar-refractivity contribution in [2.24, 2.45) is 0 Å². The summed E-state index contributed by atoms with van der Waals surface area (Å²) in [4.78, 5) is 3.17. The Morgan fingerprint density at radius 2 is 2.20 bits per heavy atom. The fourth-order valence-corrected chi connectivity index (χ4v) is 3.06. The zero-order chi connectivity index (χ0) is 14.8. The molecule has 0 fully saturated rings. The van der Waals surface area contributed by atoms with E-state index in [9.17, 15) is 12.8 Å². The van der Waals surface area contributed by atoms with Crippen molar-refractivity contribution in [3.05, 3.63) is 47.9 Å². The number of H-pyrrole nitrogens is 1. The van der Waals surface area contributed by atoms with Crippen LogP contribution in [-0.2, 0) is 16.4 Å². The molecule has 1 aromatic carbocycles. The number of hydrogen-bond donors (Lipinski definition) is 2. The van der Waals surface area contributed by atoms with E-state index in [2.05, 4.69) is 16.3 Å². The van der Waals surface area contributed by atoms with Crippen LogP contribution in [0.25, 0.3) is 10.9 Å². The molecule has 0 amide bonds. The van der Waals surface area contributed by atoms with Crippen LogP contribution in [0.5, 0.6) is 0 Å². The summed E-state index contributed by atoms with van der Waals surface area (Å²) in [6, 6.07) is 4.55. The number of rotatable bonds is 6. The van der Waals surface area contributed by atoms with Crippen LogP contribution in [0.15, 0.2) is 30.9 Å². The van der Waals surface area contributed by atoms with Gasteiger partial charge in [-0.25, -0.2) is 17.5 Å². The molecule has 2 N–H and O–H groups in total. The average Bonchev–Trinajstić information content (AvgIpc) is 2.65. The monoisotopic (exact) mass is 296 g/mol. The number of sulfonamides is 1. The van der Waals surface area contributed by atoms with Gasteiger partial charge < -0.3 is 4.98 Å². The third kappa shape index (κ3) is 3.26. The van der Waals surface area contributed by atoms with Gasteiger partial charge in [-0.05, 0) is 37.1 Å². The van der Waals surface area contributed by atoms with E-state index in [0.717, 1.165) is 22.2 Å². The summed E-state index contributed by atoms with van der Waals surface area (Å²) in [5, 5.41) is 0.797. The molecule has 0 bridgehead atoms. The minimum atomic E-state index is -3.31. The summed E-state index contributed by atoms with van der Waals surface area (Å²) >= 11 is 0. The topological polar surface area (TPSA) is 62.0 Å². The lowest BCUT2D eigenvalue weighted by atomic mass is 10.1. The second-order valence-corrected chi connectivity index (χ2v) is 6.48. The molecule has 4 nitrogen and oxygen atoms in total. The van der Waals surface area contributed by atoms with Crippen LogP contribution in [0.1, 0.15) is 11.3 Å². The molecule has 108 valence electrons. The molecule has 0 aliphatic carbocycles. The van der Waals surface area contributed by atoms with Gasteiger partial charge in [0.2, 0.25) is 10.0 Å². The van der Waals surface area contributed by atoms with Crippen LogP contribution >= 0.6 is 0 Å². The van der Waals surface area contributed by atoms with Gasteiger partial charge in [-0.1, -0.05) is 6.08 Å². The second-order valence-electron chi connectivity index (χ2n) is 4.63. The van der Waals surface area contributed by atoms with Gasteiger partial charge in [0, 0.05) is 23.1 Å². The first kappa shape index (κ1) is 14.7. The molecular formula is C14H17FN2O2S. The highest BCUT2D eigenvalue weighted by atomic mass is 32.2. The van der Waals surface area contributed by atoms with Crippen LogP contribution in [0, 0.1) is 12.7 Å². The van der Waals surface area contributed by atoms with E-state index in [0.29, 0.717) is 6.42 Å². The zero-order valence-electron chi connectivity index (χ0n) is 11.2. The quantitative estimate of drug-likeness (QED) is 0.803. The van der Waals surface area contributed by atoms with Gasteiger partial charge in [0.25, 0.3) is 0 Å². The van der Waals surface area contributed by atoms with Gasteiger partial charge in [0.05, 0.1) is 5.75 Å². The molecule has 0 radical (unpaired) electrons. The second kappa shape index (κ2) is 5.76. The molecule has 2 aromatic rings. The summed E-state index contributed by atoms with van der Waals surface area (Å²) in [6.07, 6.45) is 1.85. The van der Waals surface area contributed by atoms with Crippen LogP contribution in [0.2, 0.25) is 0 Å². The largest absolute Gasteiger partial charge is 0.358 e. The number of fused-ring (bicyclic) bond motifs is 1. The Morgan fingerprint density at radius 1 is 1.45 bits per heavy atom. The van der Waals surface area contributed by atoms with Crippen LogP contribution in [-0.4, -0.2) is 25.7 Å². The number of aromatic amines is 1. The van der Waals surface area contributed by atoms with Crippen molar-refractivity contribution in [1.29, 1.82) is 0 Å². The van der Waals surface area contributed by atoms with E-state index in [4.69, 9.17) is 0 Å². The molecule has 0 saturated carbocycles. The number of nitrogens with one attached hydrogen (secondary N) is 2. The molecule has 0 unspecified atom stereocenters. The SMILES string of the molecule is C=CCS(=O)(=O)NCCc1c(C)[nH]c2ccc(F)cc12. The number of halogens is 1. The molecule has 1 heterocycles. The van der Waals surface area contributed by atoms with Crippen LogP contribution in [0.4, 0.5) is 4.39 Å². The molecule has 0 atom stereocenters. The average molecular weight is 296 g/mol. The summed E-state index contributed by atoms with van der Waals surface area (Å²) in [7, 11) is -3.31. The van der Waals surface area contributed by atoms with Gasteiger partial charge in [0.15, 0.2) is 0 Å². The van der Waals surface area contributed by atoms with E-state index in [1.807, 2.05) is 6.92 Å². The molecule has 0 saturated heterocycles. The minimum absolute atomic E-state index is 0.103. The number of aryl methyl sites for hydroxylation is 1. The highest BCUT2D eigenvalue weighted by Crippen LogP contribution is 2.23. The van der Waals surface area contributed by atoms with Crippen molar-refractivity contribution in [2.45, 2.75) is 13.3 Å². The lowest BCUT2D eigenvalue weighted by molar-refractivity contribution is 0.584. The zero-order valence-corrected chi connectivity index (χ0v) is 12.1. The molecule has 1 aromatic heterocycles. The normalized spacial score (nSPS) is 11.9. The van der Waals surface area contributed by atoms with Crippen LogP contribution in [0.3, 0.4) is 0 Å². The Balaban J connectivity index is 2.16. The molecule has 6 heteroatoms. The van der Waals surface area contributed by atoms with E-state index >= 15 is 0 Å². The first-order valence-electron chi connectivity index (χ1n) is 6.28. The molecule has 0 aliphatic rings. The first-order valence-corrected chi connectivity index (χ1v) is 7.93. The lowest BCUT2D eigenvalue weighted by Gasteiger charge is -2.05. The van der Waals surface area contributed by atoms with Crippen molar-refractivity contribution < 1.29 is 12.8 Å². The number of benzene rings is 1. The van der Waals surface area contributed by atoms with E-state index < -0.39 is 10.0 Å². The van der Waals surface area contributed by atoms with E-state index in [-0.39, 0.29) is 18.1 Å².